The number of aromatic nitrogens is 2. The highest BCUT2D eigenvalue weighted by atomic mass is 16.3. The van der Waals surface area contributed by atoms with Gasteiger partial charge in [0.05, 0.1) is 22.7 Å². The second-order valence-electron chi connectivity index (χ2n) is 7.12. The third-order valence-electron chi connectivity index (χ3n) is 4.06. The number of fused-ring (bicyclic) bond motifs is 1. The number of benzene rings is 1. The van der Waals surface area contributed by atoms with Gasteiger partial charge in [-0.3, -0.25) is 0 Å². The first-order valence-electron chi connectivity index (χ1n) is 8.48. The van der Waals surface area contributed by atoms with Crippen molar-refractivity contribution in [2.24, 2.45) is 5.92 Å². The van der Waals surface area contributed by atoms with Crippen LogP contribution >= 0.6 is 0 Å². The number of amides is 2. The molecule has 0 spiro atoms. The number of nitrogens with zero attached hydrogens (tertiary/aromatic N) is 1. The number of aromatic amines is 1. The van der Waals surface area contributed by atoms with E-state index in [4.69, 9.17) is 0 Å². The van der Waals surface area contributed by atoms with Gasteiger partial charge in [0.15, 0.2) is 0 Å². The van der Waals surface area contributed by atoms with Crippen molar-refractivity contribution in [3.63, 3.8) is 0 Å². The molecule has 132 valence electrons. The number of nitrogens with one attached hydrogen (secondary N) is 3. The monoisotopic (exact) mass is 332 g/mol. The van der Waals surface area contributed by atoms with Crippen LogP contribution in [0, 0.1) is 5.92 Å². The molecule has 0 bridgehead atoms. The van der Waals surface area contributed by atoms with Crippen molar-refractivity contribution in [3.8, 4) is 0 Å². The van der Waals surface area contributed by atoms with E-state index in [0.717, 1.165) is 17.5 Å². The van der Waals surface area contributed by atoms with Crippen LogP contribution < -0.4 is 10.6 Å². The van der Waals surface area contributed by atoms with E-state index < -0.39 is 5.60 Å². The van der Waals surface area contributed by atoms with Crippen LogP contribution in [-0.4, -0.2) is 33.3 Å². The third kappa shape index (κ3) is 5.23. The lowest BCUT2D eigenvalue weighted by Gasteiger charge is -2.25. The number of carbonyl (C=O) groups excluding carboxylic acids is 1. The molecule has 0 aliphatic rings. The van der Waals surface area contributed by atoms with Crippen LogP contribution in [0.25, 0.3) is 11.0 Å². The van der Waals surface area contributed by atoms with E-state index in [9.17, 15) is 9.90 Å². The average molecular weight is 332 g/mol. The van der Waals surface area contributed by atoms with Gasteiger partial charge in [0, 0.05) is 6.54 Å². The van der Waals surface area contributed by atoms with E-state index in [2.05, 4.69) is 34.4 Å². The van der Waals surface area contributed by atoms with Crippen molar-refractivity contribution in [1.82, 2.24) is 20.6 Å². The van der Waals surface area contributed by atoms with Crippen LogP contribution in [-0.2, 0) is 0 Å². The maximum Gasteiger partial charge on any atom is 0.315 e. The average Bonchev–Trinajstić information content (AvgIpc) is 2.95. The summed E-state index contributed by atoms with van der Waals surface area (Å²) in [5.74, 6) is 1.23. The predicted octanol–water partition coefficient (Wildman–Crippen LogP) is 3.11. The summed E-state index contributed by atoms with van der Waals surface area (Å²) in [6.07, 6.45) is 1.58. The maximum atomic E-state index is 12.1. The first kappa shape index (κ1) is 18.3. The van der Waals surface area contributed by atoms with Crippen LogP contribution in [0.1, 0.15) is 52.4 Å². The molecule has 2 rings (SSSR count). The Kier molecular flexibility index (Phi) is 5.83. The number of hydrogen-bond donors (Lipinski definition) is 4. The Morgan fingerprint density at radius 3 is 2.71 bits per heavy atom. The standard InChI is InChI=1S/C18H28N4O2/c1-12(2)9-10-18(4,24)11-19-17(23)20-13(3)16-21-14-7-5-6-8-15(14)22-16/h5-8,12-13,24H,9-11H2,1-4H3,(H,21,22)(H2,19,20,23). The van der Waals surface area contributed by atoms with Gasteiger partial charge in [0.25, 0.3) is 0 Å². The fourth-order valence-electron chi connectivity index (χ4n) is 2.45. The number of imidazole rings is 1. The number of hydrogen-bond acceptors (Lipinski definition) is 3. The van der Waals surface area contributed by atoms with Gasteiger partial charge in [0.1, 0.15) is 5.82 Å². The molecule has 0 fully saturated rings. The molecule has 6 nitrogen and oxygen atoms in total. The highest BCUT2D eigenvalue weighted by Gasteiger charge is 2.22. The van der Waals surface area contributed by atoms with E-state index in [0.29, 0.717) is 18.2 Å². The summed E-state index contributed by atoms with van der Waals surface area (Å²) in [6, 6.07) is 7.18. The summed E-state index contributed by atoms with van der Waals surface area (Å²) in [7, 11) is 0. The summed E-state index contributed by atoms with van der Waals surface area (Å²) in [4.78, 5) is 19.7. The highest BCUT2D eigenvalue weighted by Crippen LogP contribution is 2.16. The molecule has 1 aromatic heterocycles. The molecule has 2 atom stereocenters. The van der Waals surface area contributed by atoms with Crippen molar-refractivity contribution < 1.29 is 9.90 Å². The summed E-state index contributed by atoms with van der Waals surface area (Å²) in [5.41, 5.74) is 0.917. The fraction of sp³-hybridized carbons (Fsp3) is 0.556. The molecule has 0 aliphatic heterocycles. The van der Waals surface area contributed by atoms with E-state index in [1.807, 2.05) is 31.2 Å². The Morgan fingerprint density at radius 2 is 2.04 bits per heavy atom. The quantitative estimate of drug-likeness (QED) is 0.628. The number of para-hydroxylation sites is 2. The molecule has 4 N–H and O–H groups in total. The number of rotatable bonds is 7. The zero-order valence-corrected chi connectivity index (χ0v) is 14.9. The lowest BCUT2D eigenvalue weighted by Crippen LogP contribution is -2.45. The van der Waals surface area contributed by atoms with Gasteiger partial charge in [-0.05, 0) is 44.7 Å². The summed E-state index contributed by atoms with van der Waals surface area (Å²) in [5, 5.41) is 15.9. The SMILES string of the molecule is CC(C)CCC(C)(O)CNC(=O)NC(C)c1nc2ccccc2[nH]1. The number of urea groups is 1. The van der Waals surface area contributed by atoms with E-state index in [1.165, 1.54) is 0 Å². The second kappa shape index (κ2) is 7.66. The molecule has 0 radical (unpaired) electrons. The minimum atomic E-state index is -0.899. The van der Waals surface area contributed by atoms with Gasteiger partial charge in [-0.15, -0.1) is 0 Å². The minimum Gasteiger partial charge on any atom is -0.388 e. The minimum absolute atomic E-state index is 0.221. The number of carbonyl (C=O) groups is 1. The molecule has 2 unspecified atom stereocenters. The molecular formula is C18H28N4O2. The second-order valence-corrected chi connectivity index (χ2v) is 7.12. The van der Waals surface area contributed by atoms with Crippen LogP contribution in [0.5, 0.6) is 0 Å². The maximum absolute atomic E-state index is 12.1. The predicted molar refractivity (Wildman–Crippen MR) is 95.7 cm³/mol. The van der Waals surface area contributed by atoms with E-state index >= 15 is 0 Å². The molecular weight excluding hydrogens is 304 g/mol. The Hall–Kier alpha value is -2.08. The Morgan fingerprint density at radius 1 is 1.33 bits per heavy atom. The largest absolute Gasteiger partial charge is 0.388 e. The molecule has 0 saturated carbocycles. The molecule has 6 heteroatoms. The number of H-pyrrole nitrogens is 1. The van der Waals surface area contributed by atoms with Crippen molar-refractivity contribution in [3.05, 3.63) is 30.1 Å². The van der Waals surface area contributed by atoms with Gasteiger partial charge in [-0.1, -0.05) is 26.0 Å². The van der Waals surface area contributed by atoms with Gasteiger partial charge < -0.3 is 20.7 Å². The summed E-state index contributed by atoms with van der Waals surface area (Å²) < 4.78 is 0. The lowest BCUT2D eigenvalue weighted by atomic mass is 9.95. The molecule has 2 amide bonds. The van der Waals surface area contributed by atoms with Crippen molar-refractivity contribution in [1.29, 1.82) is 0 Å². The van der Waals surface area contributed by atoms with Crippen LogP contribution in [0.2, 0.25) is 0 Å². The van der Waals surface area contributed by atoms with Gasteiger partial charge in [0.2, 0.25) is 0 Å². The lowest BCUT2D eigenvalue weighted by molar-refractivity contribution is 0.0476. The molecule has 1 heterocycles. The highest BCUT2D eigenvalue weighted by molar-refractivity contribution is 5.76. The zero-order valence-electron chi connectivity index (χ0n) is 14.9. The van der Waals surface area contributed by atoms with Crippen molar-refractivity contribution in [2.45, 2.75) is 52.2 Å². The van der Waals surface area contributed by atoms with Gasteiger partial charge in [-0.2, -0.15) is 0 Å². The third-order valence-corrected chi connectivity index (χ3v) is 4.06. The fourth-order valence-corrected chi connectivity index (χ4v) is 2.45. The van der Waals surface area contributed by atoms with Crippen molar-refractivity contribution in [2.75, 3.05) is 6.54 Å². The first-order chi connectivity index (χ1) is 11.3. The Labute approximate surface area is 143 Å². The summed E-state index contributed by atoms with van der Waals surface area (Å²) in [6.45, 7) is 8.07. The first-order valence-corrected chi connectivity index (χ1v) is 8.48. The zero-order chi connectivity index (χ0) is 17.7. The normalized spacial score (nSPS) is 15.2. The van der Waals surface area contributed by atoms with Crippen LogP contribution in [0.3, 0.4) is 0 Å². The number of aliphatic hydroxyl groups is 1. The van der Waals surface area contributed by atoms with E-state index in [1.54, 1.807) is 6.92 Å². The van der Waals surface area contributed by atoms with E-state index in [-0.39, 0.29) is 18.6 Å². The van der Waals surface area contributed by atoms with Crippen LogP contribution in [0.15, 0.2) is 24.3 Å². The molecule has 0 aliphatic carbocycles. The smallest absolute Gasteiger partial charge is 0.315 e. The molecule has 24 heavy (non-hydrogen) atoms. The van der Waals surface area contributed by atoms with Crippen LogP contribution in [0.4, 0.5) is 4.79 Å². The Bertz CT molecular complexity index is 645. The Balaban J connectivity index is 1.85. The molecule has 2 aromatic rings. The molecule has 0 saturated heterocycles. The van der Waals surface area contributed by atoms with Gasteiger partial charge >= 0.3 is 6.03 Å². The summed E-state index contributed by atoms with van der Waals surface area (Å²) >= 11 is 0. The topological polar surface area (TPSA) is 90.0 Å². The van der Waals surface area contributed by atoms with Crippen molar-refractivity contribution >= 4 is 17.1 Å². The van der Waals surface area contributed by atoms with Gasteiger partial charge in [-0.25, -0.2) is 9.78 Å². The molecule has 1 aromatic carbocycles.